The molecule has 9 heteroatoms. The minimum atomic E-state index is -0.0472. The summed E-state index contributed by atoms with van der Waals surface area (Å²) in [6.07, 6.45) is 6.04. The van der Waals surface area contributed by atoms with Gasteiger partial charge in [-0.25, -0.2) is 9.50 Å². The van der Waals surface area contributed by atoms with E-state index in [1.165, 1.54) is 0 Å². The Labute approximate surface area is 210 Å². The van der Waals surface area contributed by atoms with Crippen molar-refractivity contribution in [1.29, 1.82) is 0 Å². The molecule has 3 aromatic heterocycles. The van der Waals surface area contributed by atoms with Gasteiger partial charge in [-0.15, -0.1) is 11.3 Å². The molecule has 7 nitrogen and oxygen atoms in total. The average Bonchev–Trinajstić information content (AvgIpc) is 3.55. The molecule has 0 radical (unpaired) electrons. The van der Waals surface area contributed by atoms with Gasteiger partial charge >= 0.3 is 0 Å². The highest BCUT2D eigenvalue weighted by Gasteiger charge is 2.32. The number of hydrogen-bond donors (Lipinski definition) is 1. The molecule has 2 aliphatic heterocycles. The summed E-state index contributed by atoms with van der Waals surface area (Å²) in [7, 11) is 0. The number of aromatic nitrogens is 3. The Hall–Kier alpha value is -2.49. The third-order valence-electron chi connectivity index (χ3n) is 7.02. The van der Waals surface area contributed by atoms with E-state index in [9.17, 15) is 4.79 Å². The summed E-state index contributed by atoms with van der Waals surface area (Å²) >= 11 is 5.17. The first-order valence-electron chi connectivity index (χ1n) is 11.8. The van der Waals surface area contributed by atoms with Crippen LogP contribution in [-0.4, -0.2) is 51.1 Å². The number of nitrogens with two attached hydrogens (primary N) is 1. The molecule has 1 amide bonds. The van der Waals surface area contributed by atoms with E-state index in [0.29, 0.717) is 0 Å². The Bertz CT molecular complexity index is 1400. The van der Waals surface area contributed by atoms with E-state index in [4.69, 9.17) is 15.8 Å². The van der Waals surface area contributed by atoms with E-state index in [-0.39, 0.29) is 18.0 Å². The quantitative estimate of drug-likeness (QED) is 0.400. The van der Waals surface area contributed by atoms with Crippen LogP contribution in [0.15, 0.2) is 40.3 Å². The van der Waals surface area contributed by atoms with Crippen molar-refractivity contribution in [1.82, 2.24) is 19.5 Å². The molecule has 2 atom stereocenters. The van der Waals surface area contributed by atoms with Crippen LogP contribution in [0, 0.1) is 6.92 Å². The zero-order chi connectivity index (χ0) is 23.4. The standard InChI is InChI=1S/C25H27BrN6OS/c1-15-12-32-23(28-24(15)30-9-7-17(27)13-30)11-20(29-32)21-4-2-3-8-31(21)25(33)19-14-34-22-6-5-16(26)10-18(19)22/h5-6,10-12,14,17,21H,2-4,7-9,13,27H2,1H3/t17-,21-/m0/s1. The summed E-state index contributed by atoms with van der Waals surface area (Å²) < 4.78 is 3.97. The lowest BCUT2D eigenvalue weighted by atomic mass is 9.98. The molecule has 34 heavy (non-hydrogen) atoms. The number of thiophene rings is 1. The first-order chi connectivity index (χ1) is 16.5. The molecule has 0 spiro atoms. The highest BCUT2D eigenvalue weighted by atomic mass is 79.9. The number of carbonyl (C=O) groups is 1. The molecule has 0 bridgehead atoms. The van der Waals surface area contributed by atoms with Gasteiger partial charge in [-0.1, -0.05) is 15.9 Å². The van der Waals surface area contributed by atoms with Crippen molar-refractivity contribution in [3.05, 3.63) is 57.1 Å². The van der Waals surface area contributed by atoms with Gasteiger partial charge in [-0.3, -0.25) is 4.79 Å². The molecular weight excluding hydrogens is 512 g/mol. The number of nitrogens with zero attached hydrogens (tertiary/aromatic N) is 5. The van der Waals surface area contributed by atoms with E-state index in [2.05, 4.69) is 39.9 Å². The largest absolute Gasteiger partial charge is 0.355 e. The fourth-order valence-corrected chi connectivity index (χ4v) is 6.56. The third kappa shape index (κ3) is 3.79. The van der Waals surface area contributed by atoms with Gasteiger partial charge in [0.1, 0.15) is 5.82 Å². The van der Waals surface area contributed by atoms with Crippen LogP contribution in [0.5, 0.6) is 0 Å². The van der Waals surface area contributed by atoms with Crippen molar-refractivity contribution >= 4 is 54.7 Å². The van der Waals surface area contributed by atoms with Crippen LogP contribution in [0.2, 0.25) is 0 Å². The van der Waals surface area contributed by atoms with Gasteiger partial charge in [-0.2, -0.15) is 5.10 Å². The molecule has 0 aliphatic carbocycles. The van der Waals surface area contributed by atoms with Crippen LogP contribution in [-0.2, 0) is 0 Å². The summed E-state index contributed by atoms with van der Waals surface area (Å²) in [5.41, 5.74) is 9.72. The number of rotatable bonds is 3. The lowest BCUT2D eigenvalue weighted by Gasteiger charge is -2.34. The number of aryl methyl sites for hydroxylation is 1. The molecule has 0 saturated carbocycles. The summed E-state index contributed by atoms with van der Waals surface area (Å²) in [4.78, 5) is 23.0. The molecule has 1 aromatic carbocycles. The third-order valence-corrected chi connectivity index (χ3v) is 8.48. The smallest absolute Gasteiger partial charge is 0.255 e. The van der Waals surface area contributed by atoms with Gasteiger partial charge in [-0.05, 0) is 50.8 Å². The predicted octanol–water partition coefficient (Wildman–Crippen LogP) is 4.92. The Morgan fingerprint density at radius 3 is 2.91 bits per heavy atom. The molecule has 2 fully saturated rings. The lowest BCUT2D eigenvalue weighted by Crippen LogP contribution is -2.38. The summed E-state index contributed by atoms with van der Waals surface area (Å²) in [6, 6.07) is 8.34. The molecule has 2 aliphatic rings. The maximum atomic E-state index is 13.7. The molecule has 4 aromatic rings. The first-order valence-corrected chi connectivity index (χ1v) is 13.5. The van der Waals surface area contributed by atoms with Crippen LogP contribution in [0.25, 0.3) is 15.7 Å². The van der Waals surface area contributed by atoms with Crippen molar-refractivity contribution in [2.45, 2.75) is 44.7 Å². The average molecular weight is 540 g/mol. The zero-order valence-electron chi connectivity index (χ0n) is 19.1. The fraction of sp³-hybridized carbons (Fsp3) is 0.400. The summed E-state index contributed by atoms with van der Waals surface area (Å²) in [6.45, 7) is 4.58. The van der Waals surface area contributed by atoms with Gasteiger partial charge in [0.15, 0.2) is 5.65 Å². The van der Waals surface area contributed by atoms with Crippen LogP contribution >= 0.6 is 27.3 Å². The summed E-state index contributed by atoms with van der Waals surface area (Å²) in [5.74, 6) is 1.07. The van der Waals surface area contributed by atoms with E-state index in [0.717, 1.165) is 88.2 Å². The van der Waals surface area contributed by atoms with Gasteiger partial charge in [0.25, 0.3) is 5.91 Å². The van der Waals surface area contributed by atoms with Crippen LogP contribution in [0.1, 0.15) is 53.3 Å². The van der Waals surface area contributed by atoms with Gasteiger partial charge in [0.05, 0.1) is 17.3 Å². The second-order valence-electron chi connectivity index (χ2n) is 9.41. The second kappa shape index (κ2) is 8.62. The number of benzene rings is 1. The molecule has 6 rings (SSSR count). The number of carbonyl (C=O) groups excluding carboxylic acids is 1. The van der Waals surface area contributed by atoms with Gasteiger partial charge in [0.2, 0.25) is 0 Å². The molecule has 2 saturated heterocycles. The SMILES string of the molecule is Cc1cn2nc([C@@H]3CCCCN3C(=O)c3csc4ccc(Br)cc34)cc2nc1N1CC[C@H](N)C1. The van der Waals surface area contributed by atoms with Crippen molar-refractivity contribution in [3.63, 3.8) is 0 Å². The normalized spacial score (nSPS) is 21.1. The number of fused-ring (bicyclic) bond motifs is 2. The minimum absolute atomic E-state index is 0.0472. The predicted molar refractivity (Wildman–Crippen MR) is 140 cm³/mol. The van der Waals surface area contributed by atoms with Gasteiger partial charge < -0.3 is 15.5 Å². The van der Waals surface area contributed by atoms with E-state index >= 15 is 0 Å². The van der Waals surface area contributed by atoms with E-state index in [1.807, 2.05) is 33.1 Å². The number of hydrogen-bond acceptors (Lipinski definition) is 6. The van der Waals surface area contributed by atoms with E-state index in [1.54, 1.807) is 11.3 Å². The van der Waals surface area contributed by atoms with Crippen molar-refractivity contribution in [2.75, 3.05) is 24.5 Å². The number of halogens is 1. The molecule has 0 unspecified atom stereocenters. The van der Waals surface area contributed by atoms with Crippen LogP contribution in [0.4, 0.5) is 5.82 Å². The highest BCUT2D eigenvalue weighted by molar-refractivity contribution is 9.10. The van der Waals surface area contributed by atoms with E-state index < -0.39 is 0 Å². The Morgan fingerprint density at radius 2 is 2.09 bits per heavy atom. The van der Waals surface area contributed by atoms with Crippen molar-refractivity contribution < 1.29 is 4.79 Å². The van der Waals surface area contributed by atoms with Crippen molar-refractivity contribution in [3.8, 4) is 0 Å². The van der Waals surface area contributed by atoms with Gasteiger partial charge in [0, 0.05) is 63.4 Å². The van der Waals surface area contributed by atoms with Crippen LogP contribution < -0.4 is 10.6 Å². The highest BCUT2D eigenvalue weighted by Crippen LogP contribution is 2.36. The first kappa shape index (κ1) is 22.0. The Morgan fingerprint density at radius 1 is 1.21 bits per heavy atom. The number of piperidine rings is 1. The fourth-order valence-electron chi connectivity index (χ4n) is 5.29. The topological polar surface area (TPSA) is 79.8 Å². The summed E-state index contributed by atoms with van der Waals surface area (Å²) in [5, 5.41) is 7.88. The molecule has 5 heterocycles. The maximum absolute atomic E-state index is 13.7. The van der Waals surface area contributed by atoms with Crippen LogP contribution in [0.3, 0.4) is 0 Å². The lowest BCUT2D eigenvalue weighted by molar-refractivity contribution is 0.0608. The number of anilines is 1. The number of likely N-dealkylation sites (tertiary alicyclic amines) is 1. The zero-order valence-corrected chi connectivity index (χ0v) is 21.5. The second-order valence-corrected chi connectivity index (χ2v) is 11.2. The Kier molecular flexibility index (Phi) is 5.58. The van der Waals surface area contributed by atoms with Crippen molar-refractivity contribution in [2.24, 2.45) is 5.73 Å². The molecule has 2 N–H and O–H groups in total. The minimum Gasteiger partial charge on any atom is -0.355 e. The maximum Gasteiger partial charge on any atom is 0.255 e. The molecule has 176 valence electrons. The Balaban J connectivity index is 1.35. The number of amides is 1. The monoisotopic (exact) mass is 538 g/mol. The molecular formula is C25H27BrN6OS.